The highest BCUT2D eigenvalue weighted by Gasteiger charge is 2.11. The molecule has 3 aromatic rings. The van der Waals surface area contributed by atoms with Gasteiger partial charge in [0.15, 0.2) is 11.5 Å². The van der Waals surface area contributed by atoms with Gasteiger partial charge in [-0.2, -0.15) is 4.52 Å². The van der Waals surface area contributed by atoms with Gasteiger partial charge in [-0.25, -0.2) is 0 Å². The van der Waals surface area contributed by atoms with E-state index in [0.29, 0.717) is 5.65 Å². The van der Waals surface area contributed by atoms with Crippen molar-refractivity contribution in [3.63, 3.8) is 0 Å². The van der Waals surface area contributed by atoms with Gasteiger partial charge in [-0.3, -0.25) is 4.98 Å². The summed E-state index contributed by atoms with van der Waals surface area (Å²) in [6.45, 7) is 2.02. The molecule has 0 spiro atoms. The molecular formula is C12H13N7. The maximum absolute atomic E-state index is 5.97. The van der Waals surface area contributed by atoms with E-state index in [0.717, 1.165) is 17.1 Å². The Morgan fingerprint density at radius 3 is 2.95 bits per heavy atom. The zero-order chi connectivity index (χ0) is 13.2. The minimum absolute atomic E-state index is 0.0257. The van der Waals surface area contributed by atoms with E-state index in [9.17, 15) is 0 Å². The number of hydrogen-bond donors (Lipinski definition) is 2. The average Bonchev–Trinajstić information content (AvgIpc) is 2.88. The second-order valence-electron chi connectivity index (χ2n) is 4.24. The molecular weight excluding hydrogens is 242 g/mol. The van der Waals surface area contributed by atoms with Crippen LogP contribution >= 0.6 is 0 Å². The van der Waals surface area contributed by atoms with E-state index in [-0.39, 0.29) is 6.04 Å². The maximum Gasteiger partial charge on any atom is 0.199 e. The Labute approximate surface area is 109 Å². The van der Waals surface area contributed by atoms with Gasteiger partial charge in [-0.1, -0.05) is 18.2 Å². The van der Waals surface area contributed by atoms with E-state index in [1.165, 1.54) is 0 Å². The van der Waals surface area contributed by atoms with Crippen molar-refractivity contribution in [3.8, 4) is 0 Å². The average molecular weight is 255 g/mol. The number of tetrazole rings is 1. The molecule has 3 rings (SSSR count). The second kappa shape index (κ2) is 4.52. The zero-order valence-electron chi connectivity index (χ0n) is 10.4. The molecule has 2 aromatic heterocycles. The first-order valence-corrected chi connectivity index (χ1v) is 5.89. The first-order valence-electron chi connectivity index (χ1n) is 5.89. The highest BCUT2D eigenvalue weighted by atomic mass is 15.5. The number of nitrogen functional groups attached to an aromatic ring is 1. The number of fused-ring (bicyclic) bond motifs is 1. The SMILES string of the molecule is CC(Nc1cncc2nnnn12)c1ccccc1N. The van der Waals surface area contributed by atoms with Gasteiger partial charge in [-0.15, -0.1) is 5.10 Å². The van der Waals surface area contributed by atoms with Crippen LogP contribution in [0.3, 0.4) is 0 Å². The third kappa shape index (κ3) is 2.05. The number of aromatic nitrogens is 5. The quantitative estimate of drug-likeness (QED) is 0.684. The molecule has 7 nitrogen and oxygen atoms in total. The van der Waals surface area contributed by atoms with Crippen LogP contribution in [0.5, 0.6) is 0 Å². The van der Waals surface area contributed by atoms with Gasteiger partial charge in [0.1, 0.15) is 0 Å². The molecule has 19 heavy (non-hydrogen) atoms. The molecule has 0 amide bonds. The standard InChI is InChI=1S/C12H13N7/c1-8(9-4-2-3-5-10(9)13)15-11-6-14-7-12-16-17-18-19(11)12/h2-8,15H,13H2,1H3. The number of nitrogens with zero attached hydrogens (tertiary/aromatic N) is 5. The fourth-order valence-electron chi connectivity index (χ4n) is 1.98. The van der Waals surface area contributed by atoms with Crippen LogP contribution in [0.1, 0.15) is 18.5 Å². The van der Waals surface area contributed by atoms with Gasteiger partial charge in [0.05, 0.1) is 18.4 Å². The van der Waals surface area contributed by atoms with Crippen molar-refractivity contribution in [2.45, 2.75) is 13.0 Å². The highest BCUT2D eigenvalue weighted by molar-refractivity contribution is 5.52. The van der Waals surface area contributed by atoms with Gasteiger partial charge in [0.25, 0.3) is 0 Å². The Morgan fingerprint density at radius 1 is 1.26 bits per heavy atom. The summed E-state index contributed by atoms with van der Waals surface area (Å²) < 4.78 is 1.60. The molecule has 0 aliphatic heterocycles. The van der Waals surface area contributed by atoms with E-state index in [1.54, 1.807) is 16.9 Å². The van der Waals surface area contributed by atoms with Crippen molar-refractivity contribution in [1.29, 1.82) is 0 Å². The highest BCUT2D eigenvalue weighted by Crippen LogP contribution is 2.23. The zero-order valence-corrected chi connectivity index (χ0v) is 10.4. The topological polar surface area (TPSA) is 94.0 Å². The molecule has 3 N–H and O–H groups in total. The van der Waals surface area contributed by atoms with Crippen molar-refractivity contribution >= 4 is 17.2 Å². The Bertz CT molecular complexity index is 706. The molecule has 2 heterocycles. The van der Waals surface area contributed by atoms with Crippen molar-refractivity contribution < 1.29 is 0 Å². The van der Waals surface area contributed by atoms with E-state index >= 15 is 0 Å². The summed E-state index contributed by atoms with van der Waals surface area (Å²) in [6, 6.07) is 7.76. The molecule has 0 radical (unpaired) electrons. The molecule has 0 bridgehead atoms. The van der Waals surface area contributed by atoms with Crippen LogP contribution in [-0.2, 0) is 0 Å². The fraction of sp³-hybridized carbons (Fsp3) is 0.167. The molecule has 0 saturated carbocycles. The van der Waals surface area contributed by atoms with Crippen LogP contribution in [0.2, 0.25) is 0 Å². The normalized spacial score (nSPS) is 12.5. The predicted molar refractivity (Wildman–Crippen MR) is 71.5 cm³/mol. The Balaban J connectivity index is 1.93. The van der Waals surface area contributed by atoms with E-state index in [2.05, 4.69) is 25.8 Å². The van der Waals surface area contributed by atoms with Crippen molar-refractivity contribution in [3.05, 3.63) is 42.2 Å². The Kier molecular flexibility index (Phi) is 2.71. The van der Waals surface area contributed by atoms with Crippen LogP contribution in [-0.4, -0.2) is 25.0 Å². The smallest absolute Gasteiger partial charge is 0.199 e. The van der Waals surface area contributed by atoms with Gasteiger partial charge in [0.2, 0.25) is 0 Å². The van der Waals surface area contributed by atoms with Gasteiger partial charge >= 0.3 is 0 Å². The summed E-state index contributed by atoms with van der Waals surface area (Å²) in [6.07, 6.45) is 3.28. The molecule has 0 aliphatic carbocycles. The van der Waals surface area contributed by atoms with E-state index in [1.807, 2.05) is 31.2 Å². The van der Waals surface area contributed by atoms with Crippen molar-refractivity contribution in [2.24, 2.45) is 0 Å². The number of hydrogen-bond acceptors (Lipinski definition) is 6. The summed E-state index contributed by atoms with van der Waals surface area (Å²) >= 11 is 0. The van der Waals surface area contributed by atoms with Gasteiger partial charge in [-0.05, 0) is 29.0 Å². The van der Waals surface area contributed by atoms with Crippen LogP contribution < -0.4 is 11.1 Å². The largest absolute Gasteiger partial charge is 0.398 e. The summed E-state index contributed by atoms with van der Waals surface area (Å²) in [5.41, 5.74) is 8.33. The number of rotatable bonds is 3. The lowest BCUT2D eigenvalue weighted by atomic mass is 10.1. The lowest BCUT2D eigenvalue weighted by molar-refractivity contribution is 0.797. The number of anilines is 2. The predicted octanol–water partition coefficient (Wildman–Crippen LogP) is 1.27. The van der Waals surface area contributed by atoms with Gasteiger partial charge < -0.3 is 11.1 Å². The Morgan fingerprint density at radius 2 is 2.11 bits per heavy atom. The third-order valence-corrected chi connectivity index (χ3v) is 2.94. The number of nitrogens with one attached hydrogen (secondary N) is 1. The van der Waals surface area contributed by atoms with Crippen LogP contribution in [0.4, 0.5) is 11.5 Å². The summed E-state index contributed by atoms with van der Waals surface area (Å²) in [5, 5.41) is 14.7. The summed E-state index contributed by atoms with van der Waals surface area (Å²) in [5.74, 6) is 0.721. The lowest BCUT2D eigenvalue weighted by Crippen LogP contribution is -2.12. The van der Waals surface area contributed by atoms with Crippen LogP contribution in [0, 0.1) is 0 Å². The lowest BCUT2D eigenvalue weighted by Gasteiger charge is -2.17. The molecule has 0 saturated heterocycles. The van der Waals surface area contributed by atoms with Crippen molar-refractivity contribution in [2.75, 3.05) is 11.1 Å². The minimum Gasteiger partial charge on any atom is -0.398 e. The molecule has 96 valence electrons. The molecule has 0 fully saturated rings. The second-order valence-corrected chi connectivity index (χ2v) is 4.24. The maximum atomic E-state index is 5.97. The fourth-order valence-corrected chi connectivity index (χ4v) is 1.98. The minimum atomic E-state index is 0.0257. The van der Waals surface area contributed by atoms with Crippen molar-refractivity contribution in [1.82, 2.24) is 25.0 Å². The van der Waals surface area contributed by atoms with E-state index < -0.39 is 0 Å². The molecule has 0 aliphatic rings. The molecule has 1 atom stereocenters. The summed E-state index contributed by atoms with van der Waals surface area (Å²) in [4.78, 5) is 4.10. The Hall–Kier alpha value is -2.70. The number of nitrogens with two attached hydrogens (primary N) is 1. The monoisotopic (exact) mass is 255 g/mol. The van der Waals surface area contributed by atoms with Gasteiger partial charge in [0, 0.05) is 5.69 Å². The first-order chi connectivity index (χ1) is 9.25. The van der Waals surface area contributed by atoms with E-state index in [4.69, 9.17) is 5.73 Å². The third-order valence-electron chi connectivity index (χ3n) is 2.94. The van der Waals surface area contributed by atoms with Crippen LogP contribution in [0.25, 0.3) is 5.65 Å². The molecule has 1 unspecified atom stereocenters. The number of para-hydroxylation sites is 1. The first kappa shape index (κ1) is 11.4. The molecule has 7 heteroatoms. The molecule has 1 aromatic carbocycles. The number of benzene rings is 1. The van der Waals surface area contributed by atoms with Crippen LogP contribution in [0.15, 0.2) is 36.7 Å². The summed E-state index contributed by atoms with van der Waals surface area (Å²) in [7, 11) is 0.